The van der Waals surface area contributed by atoms with Crippen LogP contribution in [0, 0.1) is 0 Å². The molecule has 4 aromatic carbocycles. The monoisotopic (exact) mass is 550 g/mol. The van der Waals surface area contributed by atoms with E-state index in [2.05, 4.69) is 8.37 Å². The van der Waals surface area contributed by atoms with Gasteiger partial charge in [0.05, 0.1) is 0 Å². The van der Waals surface area contributed by atoms with E-state index in [-0.39, 0.29) is 0 Å². The van der Waals surface area contributed by atoms with Gasteiger partial charge in [0.2, 0.25) is 0 Å². The van der Waals surface area contributed by atoms with Gasteiger partial charge in [0.1, 0.15) is 11.5 Å². The van der Waals surface area contributed by atoms with Gasteiger partial charge < -0.3 is 8.37 Å². The second-order valence-corrected chi connectivity index (χ2v) is 10.5. The molecule has 0 aromatic heterocycles. The Labute approximate surface area is 199 Å². The second-order valence-electron chi connectivity index (χ2n) is 7.41. The quantitative estimate of drug-likeness (QED) is 0.169. The van der Waals surface area contributed by atoms with Crippen LogP contribution in [0.3, 0.4) is 0 Å². The Balaban J connectivity index is 1.62. The summed E-state index contributed by atoms with van der Waals surface area (Å²) in [6, 6.07) is 16.9. The average Bonchev–Trinajstić information content (AvgIpc) is 2.76. The molecule has 0 saturated carbocycles. The molecule has 14 heteroatoms. The molecule has 0 spiro atoms. The fraction of sp³-hybridized carbons (Fsp3) is 0.0909. The average molecular weight is 550 g/mol. The fourth-order valence-corrected chi connectivity index (χ4v) is 4.16. The molecule has 4 aromatic rings. The molecule has 0 aliphatic rings. The molecular weight excluding hydrogens is 538 g/mol. The molecule has 0 unspecified atom stereocenters. The smallest absolute Gasteiger partial charge is 0.376 e. The van der Waals surface area contributed by atoms with Crippen LogP contribution in [0.1, 0.15) is 0 Å². The summed E-state index contributed by atoms with van der Waals surface area (Å²) in [5, 5.41) is 1.93. The zero-order valence-corrected chi connectivity index (χ0v) is 19.1. The van der Waals surface area contributed by atoms with E-state index in [9.17, 15) is 43.2 Å². The highest BCUT2D eigenvalue weighted by Gasteiger charge is 2.49. The van der Waals surface area contributed by atoms with Gasteiger partial charge in [0, 0.05) is 0 Å². The first kappa shape index (κ1) is 25.6. The number of hydrogen-bond acceptors (Lipinski definition) is 6. The van der Waals surface area contributed by atoms with Gasteiger partial charge in [-0.2, -0.15) is 43.2 Å². The summed E-state index contributed by atoms with van der Waals surface area (Å²) in [7, 11) is -11.6. The Hall–Kier alpha value is -3.52. The Morgan fingerprint density at radius 3 is 1.11 bits per heavy atom. The number of fused-ring (bicyclic) bond motifs is 2. The van der Waals surface area contributed by atoms with Crippen molar-refractivity contribution in [2.75, 3.05) is 0 Å². The van der Waals surface area contributed by atoms with Gasteiger partial charge in [-0.3, -0.25) is 0 Å². The zero-order chi connectivity index (χ0) is 26.5. The van der Waals surface area contributed by atoms with Gasteiger partial charge in [0.25, 0.3) is 0 Å². The summed E-state index contributed by atoms with van der Waals surface area (Å²) < 4.78 is 128. The minimum Gasteiger partial charge on any atom is -0.376 e. The van der Waals surface area contributed by atoms with Crippen LogP contribution in [0.2, 0.25) is 0 Å². The number of halogens is 6. The van der Waals surface area contributed by atoms with Gasteiger partial charge in [-0.1, -0.05) is 36.4 Å². The van der Waals surface area contributed by atoms with E-state index in [1.165, 1.54) is 12.1 Å². The van der Waals surface area contributed by atoms with Gasteiger partial charge in [0.15, 0.2) is 0 Å². The molecule has 0 aliphatic heterocycles. The van der Waals surface area contributed by atoms with Crippen molar-refractivity contribution in [2.24, 2.45) is 0 Å². The third-order valence-corrected chi connectivity index (χ3v) is 6.89. The Bertz CT molecular complexity index is 1570. The predicted octanol–water partition coefficient (Wildman–Crippen LogP) is 6.12. The summed E-state index contributed by atoms with van der Waals surface area (Å²) in [4.78, 5) is 0. The summed E-state index contributed by atoms with van der Waals surface area (Å²) in [6.07, 6.45) is 0. The molecule has 0 N–H and O–H groups in total. The molecule has 36 heavy (non-hydrogen) atoms. The first-order chi connectivity index (χ1) is 16.6. The van der Waals surface area contributed by atoms with E-state index in [1.807, 2.05) is 0 Å². The molecule has 0 fully saturated rings. The topological polar surface area (TPSA) is 86.7 Å². The molecule has 0 aliphatic carbocycles. The molecule has 0 saturated heterocycles. The van der Waals surface area contributed by atoms with E-state index in [0.29, 0.717) is 32.7 Å². The van der Waals surface area contributed by atoms with Crippen molar-refractivity contribution in [3.8, 4) is 22.6 Å². The predicted molar refractivity (Wildman–Crippen MR) is 118 cm³/mol. The SMILES string of the molecule is O=S(=O)(Oc1ccc2cc(-c3ccc4cc(OS(=O)(=O)C(F)(F)F)ccc4c3)ccc2c1)C(F)(F)F. The third-order valence-electron chi connectivity index (χ3n) is 4.94. The van der Waals surface area contributed by atoms with Crippen molar-refractivity contribution in [1.29, 1.82) is 0 Å². The lowest BCUT2D eigenvalue weighted by molar-refractivity contribution is -0.0504. The third kappa shape index (κ3) is 5.04. The molecule has 4 rings (SSSR count). The summed E-state index contributed by atoms with van der Waals surface area (Å²) >= 11 is 0. The molecule has 0 heterocycles. The maximum Gasteiger partial charge on any atom is 0.534 e. The molecule has 0 radical (unpaired) electrons. The number of alkyl halides is 6. The van der Waals surface area contributed by atoms with Crippen molar-refractivity contribution >= 4 is 41.8 Å². The first-order valence-electron chi connectivity index (χ1n) is 9.65. The van der Waals surface area contributed by atoms with Crippen LogP contribution >= 0.6 is 0 Å². The van der Waals surface area contributed by atoms with E-state index >= 15 is 0 Å². The van der Waals surface area contributed by atoms with Crippen molar-refractivity contribution in [1.82, 2.24) is 0 Å². The highest BCUT2D eigenvalue weighted by Crippen LogP contribution is 2.33. The van der Waals surface area contributed by atoms with Crippen LogP contribution in [-0.2, 0) is 20.2 Å². The van der Waals surface area contributed by atoms with Crippen LogP contribution in [-0.4, -0.2) is 27.9 Å². The lowest BCUT2D eigenvalue weighted by Crippen LogP contribution is -2.28. The van der Waals surface area contributed by atoms with E-state index in [0.717, 1.165) is 24.3 Å². The normalized spacial score (nSPS) is 13.2. The highest BCUT2D eigenvalue weighted by molar-refractivity contribution is 7.88. The molecule has 0 amide bonds. The lowest BCUT2D eigenvalue weighted by atomic mass is 9.98. The molecular formula is C22H12F6O6S2. The minimum atomic E-state index is -5.81. The Morgan fingerprint density at radius 1 is 0.472 bits per heavy atom. The molecule has 6 nitrogen and oxygen atoms in total. The fourth-order valence-electron chi connectivity index (χ4n) is 3.26. The molecule has 0 bridgehead atoms. The van der Waals surface area contributed by atoms with Crippen molar-refractivity contribution in [2.45, 2.75) is 11.0 Å². The summed E-state index contributed by atoms with van der Waals surface area (Å²) in [6.45, 7) is 0. The van der Waals surface area contributed by atoms with Crippen molar-refractivity contribution in [3.05, 3.63) is 72.8 Å². The van der Waals surface area contributed by atoms with E-state index in [1.54, 1.807) is 36.4 Å². The second kappa shape index (κ2) is 8.55. The van der Waals surface area contributed by atoms with E-state index in [4.69, 9.17) is 0 Å². The molecule has 0 atom stereocenters. The Kier molecular flexibility index (Phi) is 6.07. The van der Waals surface area contributed by atoms with Crippen LogP contribution < -0.4 is 8.37 Å². The van der Waals surface area contributed by atoms with Crippen molar-refractivity contribution < 1.29 is 51.5 Å². The minimum absolute atomic E-state index is 0.405. The number of benzene rings is 4. The zero-order valence-electron chi connectivity index (χ0n) is 17.5. The van der Waals surface area contributed by atoms with Crippen LogP contribution in [0.15, 0.2) is 72.8 Å². The molecule has 190 valence electrons. The number of rotatable bonds is 5. The van der Waals surface area contributed by atoms with Crippen LogP contribution in [0.5, 0.6) is 11.5 Å². The maximum absolute atomic E-state index is 12.5. The van der Waals surface area contributed by atoms with Crippen LogP contribution in [0.4, 0.5) is 26.3 Å². The lowest BCUT2D eigenvalue weighted by Gasteiger charge is -2.11. The van der Waals surface area contributed by atoms with Gasteiger partial charge >= 0.3 is 31.3 Å². The van der Waals surface area contributed by atoms with Crippen molar-refractivity contribution in [3.63, 3.8) is 0 Å². The Morgan fingerprint density at radius 2 is 0.778 bits per heavy atom. The van der Waals surface area contributed by atoms with Crippen LogP contribution in [0.25, 0.3) is 32.7 Å². The standard InChI is InChI=1S/C22H12F6O6S2/c23-21(24,25)35(29,30)33-19-7-5-15-9-13(1-3-17(15)11-19)14-2-4-18-12-20(8-6-16(18)10-14)34-36(31,32)22(26,27)28/h1-12H. The summed E-state index contributed by atoms with van der Waals surface area (Å²) in [5.41, 5.74) is -9.80. The van der Waals surface area contributed by atoms with Gasteiger partial charge in [-0.05, 0) is 69.1 Å². The van der Waals surface area contributed by atoms with Gasteiger partial charge in [-0.15, -0.1) is 0 Å². The maximum atomic E-state index is 12.5. The van der Waals surface area contributed by atoms with E-state index < -0.39 is 42.8 Å². The first-order valence-corrected chi connectivity index (χ1v) is 12.5. The largest absolute Gasteiger partial charge is 0.534 e. The summed E-state index contributed by atoms with van der Waals surface area (Å²) in [5.74, 6) is -1.02. The van der Waals surface area contributed by atoms with Gasteiger partial charge in [-0.25, -0.2) is 0 Å². The highest BCUT2D eigenvalue weighted by atomic mass is 32.2. The number of hydrogen-bond donors (Lipinski definition) is 0.